The van der Waals surface area contributed by atoms with E-state index < -0.39 is 30.7 Å². The standard InChI is InChI=1S/C54H48IS2.3ClHO4/c1-39-5-25-49(26-6-39)56(50-27-7-40(2)8-28-50)53-33-17-45(18-34-53)37-43-13-21-47(22-14-43)55-48-23-15-44(16-24-48)38-46-19-35-54(36-20-46)57(51-29-9-41(3)10-30-51)52-31-11-42(4)12-32-52;3*2-1(3,4)5/h5-36H,37-38H2,1-4H3;3*(H,2,3,4,5)/q+3;;;/p-3. The molecule has 0 atom stereocenters. The summed E-state index contributed by atoms with van der Waals surface area (Å²) in [5.74, 6) is 0. The van der Waals surface area contributed by atoms with E-state index in [4.69, 9.17) is 55.9 Å². The van der Waals surface area contributed by atoms with Gasteiger partial charge in [0.15, 0.2) is 36.5 Å². The van der Waals surface area contributed by atoms with Gasteiger partial charge in [-0.15, -0.1) is 30.7 Å². The van der Waals surface area contributed by atoms with Crippen LogP contribution in [0, 0.1) is 65.6 Å². The molecule has 0 saturated carbocycles. The lowest BCUT2D eigenvalue weighted by Gasteiger charge is -2.17. The van der Waals surface area contributed by atoms with Crippen LogP contribution < -0.4 is 77.1 Å². The first-order chi connectivity index (χ1) is 33.8. The van der Waals surface area contributed by atoms with Gasteiger partial charge in [0, 0.05) is 0 Å². The number of benzene rings is 8. The van der Waals surface area contributed by atoms with Crippen molar-refractivity contribution in [3.8, 4) is 0 Å². The van der Waals surface area contributed by atoms with Crippen molar-refractivity contribution in [3.05, 3.63) is 246 Å². The highest BCUT2D eigenvalue weighted by Gasteiger charge is 2.30. The Morgan fingerprint density at radius 3 is 0.597 bits per heavy atom. The lowest BCUT2D eigenvalue weighted by molar-refractivity contribution is -2.00. The lowest BCUT2D eigenvalue weighted by atomic mass is 10.1. The van der Waals surface area contributed by atoms with E-state index >= 15 is 0 Å². The SMILES string of the molecule is Cc1ccc([S+](c2ccc(C)cc2)c2ccc(Cc3ccc([I+]c4ccc(Cc5ccc([S+](c6ccc(C)cc6)c6ccc(C)cc6)cc5)cc4)cc3)cc2)cc1.[O-][Cl+3]([O-])([O-])[O-].[O-][Cl+3]([O-])([O-])[O-].[O-][Cl+3]([O-])([O-])[O-]. The lowest BCUT2D eigenvalue weighted by Crippen LogP contribution is -3.61. The van der Waals surface area contributed by atoms with Crippen molar-refractivity contribution in [2.75, 3.05) is 0 Å². The third-order valence-electron chi connectivity index (χ3n) is 10.2. The summed E-state index contributed by atoms with van der Waals surface area (Å²) in [7, 11) is -15.1. The van der Waals surface area contributed by atoms with Crippen LogP contribution in [0.15, 0.2) is 223 Å². The largest absolute Gasteiger partial charge is 0.357 e. The molecule has 18 heteroatoms. The predicted octanol–water partition coefficient (Wildman–Crippen LogP) is -3.85. The highest BCUT2D eigenvalue weighted by Crippen LogP contribution is 2.33. The second-order valence-corrected chi connectivity index (χ2v) is 25.3. The van der Waals surface area contributed by atoms with Crippen molar-refractivity contribution in [2.24, 2.45) is 0 Å². The minimum atomic E-state index is -4.94. The van der Waals surface area contributed by atoms with E-state index in [0.717, 1.165) is 12.8 Å². The molecule has 0 N–H and O–H groups in total. The van der Waals surface area contributed by atoms with Crippen LogP contribution in [0.5, 0.6) is 0 Å². The maximum absolute atomic E-state index is 8.49. The van der Waals surface area contributed by atoms with E-state index in [9.17, 15) is 0 Å². The Morgan fingerprint density at radius 1 is 0.264 bits per heavy atom. The fraction of sp³-hybridized carbons (Fsp3) is 0.111. The van der Waals surface area contributed by atoms with Crippen LogP contribution in [0.3, 0.4) is 0 Å². The third kappa shape index (κ3) is 22.0. The predicted molar refractivity (Wildman–Crippen MR) is 238 cm³/mol. The monoisotopic (exact) mass is 1180 g/mol. The van der Waals surface area contributed by atoms with Gasteiger partial charge < -0.3 is 0 Å². The van der Waals surface area contributed by atoms with E-state index in [0.29, 0.717) is 0 Å². The van der Waals surface area contributed by atoms with E-state index in [1.807, 2.05) is 0 Å². The molecule has 0 aliphatic carbocycles. The fourth-order valence-electron chi connectivity index (χ4n) is 6.93. The van der Waals surface area contributed by atoms with Crippen LogP contribution >= 0.6 is 0 Å². The molecule has 0 radical (unpaired) electrons. The van der Waals surface area contributed by atoms with Crippen LogP contribution in [0.2, 0.25) is 0 Å². The van der Waals surface area contributed by atoms with Gasteiger partial charge in [-0.05, 0) is 160 Å². The average Bonchev–Trinajstić information content (AvgIpc) is 3.30. The quantitative estimate of drug-likeness (QED) is 0.0841. The molecule has 0 amide bonds. The summed E-state index contributed by atoms with van der Waals surface area (Å²) in [5.41, 5.74) is 10.6. The molecular formula is C54H48Cl3IO12S2. The summed E-state index contributed by atoms with van der Waals surface area (Å²) >= 11 is -0.239. The summed E-state index contributed by atoms with van der Waals surface area (Å²) in [5, 5.41) is 0. The summed E-state index contributed by atoms with van der Waals surface area (Å²) in [4.78, 5) is 8.15. The first-order valence-electron chi connectivity index (χ1n) is 21.4. The molecule has 72 heavy (non-hydrogen) atoms. The molecular weight excluding hydrogens is 1140 g/mol. The van der Waals surface area contributed by atoms with Crippen molar-refractivity contribution >= 4 is 21.8 Å². The summed E-state index contributed by atoms with van der Waals surface area (Å²) in [6.45, 7) is 8.63. The fourth-order valence-corrected chi connectivity index (χ4v) is 13.2. The van der Waals surface area contributed by atoms with Gasteiger partial charge in [0.05, 0.1) is 21.8 Å². The average molecular weight is 1190 g/mol. The number of hydrogen-bond donors (Lipinski definition) is 0. The van der Waals surface area contributed by atoms with E-state index in [-0.39, 0.29) is 43.0 Å². The van der Waals surface area contributed by atoms with Crippen LogP contribution in [0.1, 0.15) is 44.5 Å². The molecule has 0 aliphatic heterocycles. The summed E-state index contributed by atoms with van der Waals surface area (Å²) < 4.78 is 105. The normalized spacial score (nSPS) is 11.5. The van der Waals surface area contributed by atoms with Gasteiger partial charge >= 0.3 is 21.2 Å². The molecule has 0 unspecified atom stereocenters. The van der Waals surface area contributed by atoms with Crippen molar-refractivity contribution < 1.29 is 108 Å². The first kappa shape index (κ1) is 58.5. The zero-order valence-corrected chi connectivity index (χ0v) is 45.2. The molecule has 12 nitrogen and oxygen atoms in total. The van der Waals surface area contributed by atoms with Crippen LogP contribution in [-0.2, 0) is 34.6 Å². The van der Waals surface area contributed by atoms with E-state index in [2.05, 4.69) is 222 Å². The minimum Gasteiger partial charge on any atom is -0.222 e. The van der Waals surface area contributed by atoms with Gasteiger partial charge in [0.2, 0.25) is 0 Å². The molecule has 0 aliphatic rings. The Bertz CT molecular complexity index is 2540. The maximum atomic E-state index is 8.49. The summed E-state index contributed by atoms with van der Waals surface area (Å²) in [6, 6.07) is 73.5. The van der Waals surface area contributed by atoms with Gasteiger partial charge in [-0.1, -0.05) is 119 Å². The highest BCUT2D eigenvalue weighted by atomic mass is 127. The van der Waals surface area contributed by atoms with Gasteiger partial charge in [-0.2, -0.15) is 0 Å². The molecule has 376 valence electrons. The van der Waals surface area contributed by atoms with Crippen molar-refractivity contribution in [1.82, 2.24) is 0 Å². The van der Waals surface area contributed by atoms with Crippen molar-refractivity contribution in [3.63, 3.8) is 0 Å². The van der Waals surface area contributed by atoms with Crippen molar-refractivity contribution in [1.29, 1.82) is 0 Å². The Hall–Kier alpha value is -4.42. The van der Waals surface area contributed by atoms with Gasteiger partial charge in [0.25, 0.3) is 0 Å². The first-order valence-corrected chi connectivity index (χ1v) is 29.7. The van der Waals surface area contributed by atoms with Gasteiger partial charge in [-0.25, -0.2) is 55.9 Å². The van der Waals surface area contributed by atoms with Crippen LogP contribution in [0.4, 0.5) is 0 Å². The van der Waals surface area contributed by atoms with Crippen LogP contribution in [-0.4, -0.2) is 0 Å². The molecule has 0 fully saturated rings. The Balaban J connectivity index is 0.000000563. The minimum absolute atomic E-state index is 0.133. The third-order valence-corrected chi connectivity index (χ3v) is 17.4. The molecule has 0 spiro atoms. The molecule has 0 heterocycles. The molecule has 0 aromatic heterocycles. The number of aryl methyl sites for hydroxylation is 4. The van der Waals surface area contributed by atoms with Crippen LogP contribution in [0.25, 0.3) is 0 Å². The maximum Gasteiger partial charge on any atom is 0.357 e. The van der Waals surface area contributed by atoms with Gasteiger partial charge in [0.1, 0.15) is 0 Å². The van der Waals surface area contributed by atoms with Crippen molar-refractivity contribution in [2.45, 2.75) is 69.9 Å². The highest BCUT2D eigenvalue weighted by molar-refractivity contribution is 7.97. The molecule has 8 rings (SSSR count). The van der Waals surface area contributed by atoms with E-state index in [1.54, 1.807) is 0 Å². The molecule has 0 bridgehead atoms. The Labute approximate surface area is 442 Å². The Kier molecular flexibility index (Phi) is 22.1. The second-order valence-electron chi connectivity index (χ2n) is 16.0. The smallest absolute Gasteiger partial charge is 0.222 e. The Morgan fingerprint density at radius 2 is 0.417 bits per heavy atom. The van der Waals surface area contributed by atoms with E-state index in [1.165, 1.54) is 81.0 Å². The zero-order chi connectivity index (χ0) is 52.6. The van der Waals surface area contributed by atoms with Gasteiger partial charge in [-0.3, -0.25) is 0 Å². The number of halogens is 4. The molecule has 8 aromatic rings. The molecule has 0 saturated heterocycles. The topological polar surface area (TPSA) is 277 Å². The number of rotatable bonds is 12. The molecule has 8 aromatic carbocycles. The zero-order valence-electron chi connectivity index (χ0n) is 39.1. The summed E-state index contributed by atoms with van der Waals surface area (Å²) in [6.07, 6.45) is 1.88. The second kappa shape index (κ2) is 27.2. The number of hydrogen-bond acceptors (Lipinski definition) is 12.